The van der Waals surface area contributed by atoms with Crippen molar-refractivity contribution >= 4 is 34.1 Å². The van der Waals surface area contributed by atoms with Crippen molar-refractivity contribution in [2.75, 3.05) is 6.26 Å². The van der Waals surface area contributed by atoms with E-state index >= 15 is 0 Å². The SMILES string of the molecule is CSc1nc2ncc3c(=O)n(-c4cccc([N+](=O)[O-])c4)ccc3n2n1. The highest BCUT2D eigenvalue weighted by atomic mass is 32.2. The molecule has 0 saturated carbocycles. The lowest BCUT2D eigenvalue weighted by Gasteiger charge is -2.07. The van der Waals surface area contributed by atoms with Crippen LogP contribution in [0.25, 0.3) is 22.4 Å². The Hall–Kier alpha value is -3.27. The Morgan fingerprint density at radius 1 is 1.28 bits per heavy atom. The van der Waals surface area contributed by atoms with Crippen molar-refractivity contribution in [1.29, 1.82) is 0 Å². The summed E-state index contributed by atoms with van der Waals surface area (Å²) in [5.74, 6) is 0.407. The third-order valence-electron chi connectivity index (χ3n) is 3.72. The number of nitro groups is 1. The number of pyridine rings is 1. The molecule has 10 heteroatoms. The van der Waals surface area contributed by atoms with Gasteiger partial charge in [0.25, 0.3) is 17.0 Å². The first-order valence-corrected chi connectivity index (χ1v) is 8.37. The van der Waals surface area contributed by atoms with Gasteiger partial charge in [-0.05, 0) is 18.4 Å². The van der Waals surface area contributed by atoms with Crippen LogP contribution in [0, 0.1) is 10.1 Å². The van der Waals surface area contributed by atoms with E-state index in [0.29, 0.717) is 27.5 Å². The Morgan fingerprint density at radius 2 is 2.12 bits per heavy atom. The van der Waals surface area contributed by atoms with E-state index in [2.05, 4.69) is 15.1 Å². The summed E-state index contributed by atoms with van der Waals surface area (Å²) in [6, 6.07) is 7.60. The molecule has 0 spiro atoms. The van der Waals surface area contributed by atoms with E-state index in [1.807, 2.05) is 6.26 Å². The van der Waals surface area contributed by atoms with E-state index in [-0.39, 0.29) is 11.2 Å². The van der Waals surface area contributed by atoms with Gasteiger partial charge in [-0.2, -0.15) is 9.50 Å². The van der Waals surface area contributed by atoms with Gasteiger partial charge in [0.05, 0.1) is 21.5 Å². The number of nitro benzene ring substituents is 1. The average Bonchev–Trinajstić information content (AvgIpc) is 3.06. The maximum absolute atomic E-state index is 12.8. The molecule has 25 heavy (non-hydrogen) atoms. The molecule has 0 aliphatic rings. The van der Waals surface area contributed by atoms with Gasteiger partial charge in [0.1, 0.15) is 0 Å². The van der Waals surface area contributed by atoms with Crippen molar-refractivity contribution in [3.05, 3.63) is 63.2 Å². The predicted molar refractivity (Wildman–Crippen MR) is 92.3 cm³/mol. The van der Waals surface area contributed by atoms with Crippen LogP contribution in [0.15, 0.2) is 52.7 Å². The Bertz CT molecular complexity index is 1200. The molecule has 3 aromatic heterocycles. The molecule has 0 amide bonds. The van der Waals surface area contributed by atoms with Crippen LogP contribution in [0.4, 0.5) is 5.69 Å². The number of rotatable bonds is 3. The third-order valence-corrected chi connectivity index (χ3v) is 4.25. The standard InChI is InChI=1S/C15H10N6O3S/c1-25-15-17-14-16-8-11-12(20(14)18-15)5-6-19(13(11)22)9-3-2-4-10(7-9)21(23)24/h2-8H,1H3. The number of hydrogen-bond acceptors (Lipinski definition) is 7. The van der Waals surface area contributed by atoms with Crippen molar-refractivity contribution in [2.24, 2.45) is 0 Å². The van der Waals surface area contributed by atoms with Crippen LogP contribution in [0.2, 0.25) is 0 Å². The fourth-order valence-electron chi connectivity index (χ4n) is 2.55. The summed E-state index contributed by atoms with van der Waals surface area (Å²) < 4.78 is 2.86. The molecular formula is C15H10N6O3S. The van der Waals surface area contributed by atoms with Gasteiger partial charge < -0.3 is 0 Å². The number of hydrogen-bond donors (Lipinski definition) is 0. The molecule has 0 atom stereocenters. The molecular weight excluding hydrogens is 344 g/mol. The molecule has 0 unspecified atom stereocenters. The minimum Gasteiger partial charge on any atom is -0.283 e. The smallest absolute Gasteiger partial charge is 0.271 e. The summed E-state index contributed by atoms with van der Waals surface area (Å²) in [5.41, 5.74) is 0.557. The van der Waals surface area contributed by atoms with E-state index < -0.39 is 4.92 Å². The van der Waals surface area contributed by atoms with Crippen LogP contribution in [0.3, 0.4) is 0 Å². The Balaban J connectivity index is 1.97. The highest BCUT2D eigenvalue weighted by molar-refractivity contribution is 7.98. The maximum Gasteiger partial charge on any atom is 0.271 e. The van der Waals surface area contributed by atoms with Crippen LogP contribution in [0.1, 0.15) is 0 Å². The lowest BCUT2D eigenvalue weighted by atomic mass is 10.2. The molecule has 4 aromatic rings. The summed E-state index contributed by atoms with van der Waals surface area (Å²) in [6.07, 6.45) is 4.86. The van der Waals surface area contributed by atoms with Crippen molar-refractivity contribution < 1.29 is 4.92 Å². The zero-order chi connectivity index (χ0) is 17.6. The number of non-ortho nitro benzene ring substituents is 1. The topological polar surface area (TPSA) is 108 Å². The second-order valence-corrected chi connectivity index (χ2v) is 5.91. The van der Waals surface area contributed by atoms with Crippen molar-refractivity contribution in [3.8, 4) is 5.69 Å². The van der Waals surface area contributed by atoms with Gasteiger partial charge in [-0.15, -0.1) is 5.10 Å². The number of fused-ring (bicyclic) bond motifs is 3. The van der Waals surface area contributed by atoms with Gasteiger partial charge in [0.15, 0.2) is 0 Å². The van der Waals surface area contributed by atoms with Gasteiger partial charge in [-0.3, -0.25) is 19.5 Å². The summed E-state index contributed by atoms with van der Waals surface area (Å²) in [4.78, 5) is 31.7. The molecule has 1 aromatic carbocycles. The Labute approximate surface area is 144 Å². The molecule has 9 nitrogen and oxygen atoms in total. The minimum absolute atomic E-state index is 0.0843. The normalized spacial score (nSPS) is 11.2. The lowest BCUT2D eigenvalue weighted by Crippen LogP contribution is -2.19. The molecule has 0 saturated heterocycles. The molecule has 4 rings (SSSR count). The Morgan fingerprint density at radius 3 is 2.88 bits per heavy atom. The van der Waals surface area contributed by atoms with Crippen LogP contribution in [0.5, 0.6) is 0 Å². The van der Waals surface area contributed by atoms with E-state index in [9.17, 15) is 14.9 Å². The predicted octanol–water partition coefficient (Wildman–Crippen LogP) is 2.06. The lowest BCUT2D eigenvalue weighted by molar-refractivity contribution is -0.384. The highest BCUT2D eigenvalue weighted by Crippen LogP contribution is 2.18. The first-order chi connectivity index (χ1) is 12.1. The van der Waals surface area contributed by atoms with Gasteiger partial charge in [0.2, 0.25) is 5.16 Å². The first-order valence-electron chi connectivity index (χ1n) is 7.14. The third kappa shape index (κ3) is 2.43. The fraction of sp³-hybridized carbons (Fsp3) is 0.0667. The van der Waals surface area contributed by atoms with Crippen LogP contribution >= 0.6 is 11.8 Å². The average molecular weight is 354 g/mol. The van der Waals surface area contributed by atoms with Crippen LogP contribution < -0.4 is 5.56 Å². The summed E-state index contributed by atoms with van der Waals surface area (Å²) in [5, 5.41) is 16.2. The van der Waals surface area contributed by atoms with Crippen molar-refractivity contribution in [3.63, 3.8) is 0 Å². The molecule has 0 aliphatic carbocycles. The highest BCUT2D eigenvalue weighted by Gasteiger charge is 2.13. The van der Waals surface area contributed by atoms with E-state index in [4.69, 9.17) is 0 Å². The second-order valence-electron chi connectivity index (χ2n) is 5.14. The van der Waals surface area contributed by atoms with Crippen molar-refractivity contribution in [1.82, 2.24) is 24.1 Å². The molecule has 0 radical (unpaired) electrons. The monoisotopic (exact) mass is 354 g/mol. The van der Waals surface area contributed by atoms with Crippen LogP contribution in [-0.2, 0) is 0 Å². The summed E-state index contributed by atoms with van der Waals surface area (Å²) >= 11 is 1.38. The maximum atomic E-state index is 12.8. The van der Waals surface area contributed by atoms with Crippen LogP contribution in [-0.4, -0.2) is 35.3 Å². The molecule has 0 bridgehead atoms. The quantitative estimate of drug-likeness (QED) is 0.315. The van der Waals surface area contributed by atoms with Gasteiger partial charge in [0, 0.05) is 24.5 Å². The number of thioether (sulfide) groups is 1. The zero-order valence-electron chi connectivity index (χ0n) is 12.9. The van der Waals surface area contributed by atoms with Gasteiger partial charge in [-0.25, -0.2) is 4.98 Å². The fourth-order valence-corrected chi connectivity index (χ4v) is 2.88. The summed E-state index contributed by atoms with van der Waals surface area (Å²) in [6.45, 7) is 0. The second kappa shape index (κ2) is 5.67. The molecule has 0 fully saturated rings. The van der Waals surface area contributed by atoms with Gasteiger partial charge in [-0.1, -0.05) is 17.8 Å². The Kier molecular flexibility index (Phi) is 3.46. The van der Waals surface area contributed by atoms with Crippen molar-refractivity contribution in [2.45, 2.75) is 5.16 Å². The largest absolute Gasteiger partial charge is 0.283 e. The molecule has 3 heterocycles. The molecule has 124 valence electrons. The molecule has 0 aliphatic heterocycles. The first kappa shape index (κ1) is 15.3. The summed E-state index contributed by atoms with van der Waals surface area (Å²) in [7, 11) is 0. The van der Waals surface area contributed by atoms with E-state index in [1.165, 1.54) is 45.2 Å². The molecule has 0 N–H and O–H groups in total. The van der Waals surface area contributed by atoms with E-state index in [0.717, 1.165) is 0 Å². The minimum atomic E-state index is -0.500. The van der Waals surface area contributed by atoms with Gasteiger partial charge >= 0.3 is 0 Å². The number of aromatic nitrogens is 5. The number of nitrogens with zero attached hydrogens (tertiary/aromatic N) is 6. The number of benzene rings is 1. The van der Waals surface area contributed by atoms with E-state index in [1.54, 1.807) is 18.3 Å². The zero-order valence-corrected chi connectivity index (χ0v) is 13.7.